The van der Waals surface area contributed by atoms with E-state index in [1.54, 1.807) is 0 Å². The second kappa shape index (κ2) is 5.13. The second-order valence-electron chi connectivity index (χ2n) is 4.86. The predicted octanol–water partition coefficient (Wildman–Crippen LogP) is 2.69. The van der Waals surface area contributed by atoms with Crippen molar-refractivity contribution in [3.63, 3.8) is 0 Å². The van der Waals surface area contributed by atoms with E-state index in [2.05, 4.69) is 4.98 Å². The number of alkyl halides is 1. The summed E-state index contributed by atoms with van der Waals surface area (Å²) in [4.78, 5) is 4.51. The molecule has 6 heteroatoms. The first-order valence-electron chi connectivity index (χ1n) is 6.06. The molecule has 19 heavy (non-hydrogen) atoms. The lowest BCUT2D eigenvalue weighted by Crippen LogP contribution is -2.13. The summed E-state index contributed by atoms with van der Waals surface area (Å²) in [5.74, 6) is 0.800. The van der Waals surface area contributed by atoms with E-state index in [1.807, 2.05) is 36.6 Å². The molecule has 0 aliphatic heterocycles. The van der Waals surface area contributed by atoms with Crippen molar-refractivity contribution in [3.05, 3.63) is 29.6 Å². The summed E-state index contributed by atoms with van der Waals surface area (Å²) in [6.07, 6.45) is 1.24. The molecule has 0 spiro atoms. The van der Waals surface area contributed by atoms with Gasteiger partial charge < -0.3 is 4.57 Å². The lowest BCUT2D eigenvalue weighted by Gasteiger charge is -2.09. The molecular formula is C13H17ClN2O2S. The number of hydrogen-bond donors (Lipinski definition) is 0. The summed E-state index contributed by atoms with van der Waals surface area (Å²) >= 11 is 6.14. The van der Waals surface area contributed by atoms with Crippen LogP contribution in [0.4, 0.5) is 0 Å². The van der Waals surface area contributed by atoms with Gasteiger partial charge in [0.05, 0.1) is 22.2 Å². The highest BCUT2D eigenvalue weighted by molar-refractivity contribution is 7.90. The average Bonchev–Trinajstić information content (AvgIpc) is 2.63. The fourth-order valence-electron chi connectivity index (χ4n) is 2.05. The number of nitrogens with zero attached hydrogens (tertiary/aromatic N) is 2. The van der Waals surface area contributed by atoms with Crippen LogP contribution in [0.2, 0.25) is 0 Å². The molecule has 1 heterocycles. The largest absolute Gasteiger partial charge is 0.326 e. The molecule has 0 saturated carbocycles. The summed E-state index contributed by atoms with van der Waals surface area (Å²) in [6.45, 7) is 4.22. The van der Waals surface area contributed by atoms with Crippen LogP contribution in [0.15, 0.2) is 18.2 Å². The molecule has 1 aromatic heterocycles. The molecule has 4 nitrogen and oxygen atoms in total. The van der Waals surface area contributed by atoms with E-state index in [-0.39, 0.29) is 11.1 Å². The average molecular weight is 301 g/mol. The molecule has 2 aromatic rings. The van der Waals surface area contributed by atoms with Crippen molar-refractivity contribution in [1.82, 2.24) is 9.55 Å². The van der Waals surface area contributed by atoms with Crippen molar-refractivity contribution in [3.8, 4) is 0 Å². The molecular weight excluding hydrogens is 284 g/mol. The third-order valence-corrected chi connectivity index (χ3v) is 4.09. The Bertz CT molecular complexity index is 705. The van der Waals surface area contributed by atoms with Gasteiger partial charge in [0, 0.05) is 12.8 Å². The van der Waals surface area contributed by atoms with E-state index >= 15 is 0 Å². The molecule has 0 aliphatic carbocycles. The Kier molecular flexibility index (Phi) is 3.87. The van der Waals surface area contributed by atoms with E-state index in [9.17, 15) is 8.42 Å². The minimum Gasteiger partial charge on any atom is -0.326 e. The Labute approximate surface area is 118 Å². The summed E-state index contributed by atoms with van der Waals surface area (Å²) < 4.78 is 24.6. The third-order valence-electron chi connectivity index (χ3n) is 2.97. The smallest absolute Gasteiger partial charge is 0.149 e. The number of fused-ring (bicyclic) bond motifs is 1. The van der Waals surface area contributed by atoms with Gasteiger partial charge in [-0.15, -0.1) is 11.6 Å². The third kappa shape index (κ3) is 3.28. The van der Waals surface area contributed by atoms with Gasteiger partial charge in [-0.1, -0.05) is 6.07 Å². The minimum absolute atomic E-state index is 0.0863. The molecule has 0 radical (unpaired) electrons. The summed E-state index contributed by atoms with van der Waals surface area (Å²) in [6, 6.07) is 5.93. The zero-order valence-corrected chi connectivity index (χ0v) is 12.8. The number of rotatable bonds is 4. The van der Waals surface area contributed by atoms with Crippen LogP contribution in [0, 0.1) is 6.92 Å². The quantitative estimate of drug-likeness (QED) is 0.816. The number of imidazole rings is 1. The Balaban J connectivity index is 2.52. The lowest BCUT2D eigenvalue weighted by atomic mass is 10.2. The first kappa shape index (κ1) is 14.3. The van der Waals surface area contributed by atoms with E-state index in [1.165, 1.54) is 6.26 Å². The van der Waals surface area contributed by atoms with Crippen LogP contribution in [0.25, 0.3) is 11.0 Å². The zero-order valence-electron chi connectivity index (χ0n) is 11.2. The van der Waals surface area contributed by atoms with E-state index < -0.39 is 9.84 Å². The first-order valence-corrected chi connectivity index (χ1v) is 8.56. The molecule has 2 rings (SSSR count). The highest BCUT2D eigenvalue weighted by atomic mass is 35.5. The standard InChI is InChI=1S/C13H17ClN2O2S/c1-9-4-5-12-11(8-9)15-13(10(2)14)16(12)6-7-19(3,17)18/h4-5,8,10H,6-7H2,1-3H3. The Morgan fingerprint density at radius 1 is 1.42 bits per heavy atom. The van der Waals surface area contributed by atoms with Crippen molar-refractivity contribution in [2.45, 2.75) is 25.8 Å². The Morgan fingerprint density at radius 2 is 2.11 bits per heavy atom. The molecule has 104 valence electrons. The van der Waals surface area contributed by atoms with Crippen LogP contribution >= 0.6 is 11.6 Å². The van der Waals surface area contributed by atoms with E-state index in [0.717, 1.165) is 16.6 Å². The fraction of sp³-hybridized carbons (Fsp3) is 0.462. The molecule has 0 saturated heterocycles. The maximum atomic E-state index is 11.3. The Hall–Kier alpha value is -1.07. The van der Waals surface area contributed by atoms with Crippen molar-refractivity contribution in [1.29, 1.82) is 0 Å². The van der Waals surface area contributed by atoms with E-state index in [0.29, 0.717) is 12.4 Å². The summed E-state index contributed by atoms with van der Waals surface area (Å²) in [7, 11) is -3.01. The molecule has 1 atom stereocenters. The molecule has 0 bridgehead atoms. The molecule has 0 aliphatic rings. The van der Waals surface area contributed by atoms with Crippen molar-refractivity contribution >= 4 is 32.5 Å². The number of sulfone groups is 1. The number of aryl methyl sites for hydroxylation is 2. The maximum absolute atomic E-state index is 11.3. The van der Waals surface area contributed by atoms with Gasteiger partial charge in [-0.25, -0.2) is 13.4 Å². The number of halogens is 1. The van der Waals surface area contributed by atoms with E-state index in [4.69, 9.17) is 11.6 Å². The Morgan fingerprint density at radius 3 is 2.68 bits per heavy atom. The van der Waals surface area contributed by atoms with Crippen LogP contribution in [-0.2, 0) is 16.4 Å². The molecule has 0 fully saturated rings. The minimum atomic E-state index is -3.01. The summed E-state index contributed by atoms with van der Waals surface area (Å²) in [5, 5.41) is -0.257. The van der Waals surface area contributed by atoms with Crippen LogP contribution in [-0.4, -0.2) is 30.0 Å². The number of aromatic nitrogens is 2. The molecule has 1 unspecified atom stereocenters. The molecule has 0 N–H and O–H groups in total. The monoisotopic (exact) mass is 300 g/mol. The van der Waals surface area contributed by atoms with Gasteiger partial charge in [-0.2, -0.15) is 0 Å². The van der Waals surface area contributed by atoms with Crippen molar-refractivity contribution in [2.24, 2.45) is 0 Å². The fourth-order valence-corrected chi connectivity index (χ4v) is 2.74. The van der Waals surface area contributed by atoms with Gasteiger partial charge >= 0.3 is 0 Å². The number of benzene rings is 1. The van der Waals surface area contributed by atoms with Gasteiger partial charge in [0.25, 0.3) is 0 Å². The predicted molar refractivity (Wildman–Crippen MR) is 78.4 cm³/mol. The van der Waals surface area contributed by atoms with Crippen molar-refractivity contribution in [2.75, 3.05) is 12.0 Å². The van der Waals surface area contributed by atoms with Crippen LogP contribution in [0.5, 0.6) is 0 Å². The van der Waals surface area contributed by atoms with Crippen LogP contribution in [0.3, 0.4) is 0 Å². The van der Waals surface area contributed by atoms with Crippen LogP contribution < -0.4 is 0 Å². The summed E-state index contributed by atoms with van der Waals surface area (Å²) in [5.41, 5.74) is 2.90. The number of hydrogen-bond acceptors (Lipinski definition) is 3. The van der Waals surface area contributed by atoms with Crippen LogP contribution in [0.1, 0.15) is 23.7 Å². The molecule has 1 aromatic carbocycles. The second-order valence-corrected chi connectivity index (χ2v) is 7.77. The van der Waals surface area contributed by atoms with Crippen molar-refractivity contribution < 1.29 is 8.42 Å². The van der Waals surface area contributed by atoms with Gasteiger partial charge in [0.15, 0.2) is 0 Å². The topological polar surface area (TPSA) is 52.0 Å². The highest BCUT2D eigenvalue weighted by Crippen LogP contribution is 2.25. The maximum Gasteiger partial charge on any atom is 0.149 e. The SMILES string of the molecule is Cc1ccc2c(c1)nc(C(C)Cl)n2CCS(C)(=O)=O. The highest BCUT2D eigenvalue weighted by Gasteiger charge is 2.16. The first-order chi connectivity index (χ1) is 8.78. The van der Waals surface area contributed by atoms with Gasteiger partial charge in [0.2, 0.25) is 0 Å². The van der Waals surface area contributed by atoms with Gasteiger partial charge in [0.1, 0.15) is 15.7 Å². The van der Waals surface area contributed by atoms with Gasteiger partial charge in [-0.05, 0) is 31.5 Å². The lowest BCUT2D eigenvalue weighted by molar-refractivity contribution is 0.593. The van der Waals surface area contributed by atoms with Gasteiger partial charge in [-0.3, -0.25) is 0 Å². The zero-order chi connectivity index (χ0) is 14.2. The molecule has 0 amide bonds. The normalized spacial score (nSPS) is 13.9.